The number of rotatable bonds is 5. The Balaban J connectivity index is 1.81. The molecule has 7 nitrogen and oxygen atoms in total. The number of nitrogens with zero attached hydrogens (tertiary/aromatic N) is 3. The van der Waals surface area contributed by atoms with E-state index in [1.807, 2.05) is 54.6 Å². The molecule has 146 valence electrons. The summed E-state index contributed by atoms with van der Waals surface area (Å²) in [7, 11) is 3.21. The van der Waals surface area contributed by atoms with Crippen molar-refractivity contribution in [3.05, 3.63) is 59.1 Å². The summed E-state index contributed by atoms with van der Waals surface area (Å²) in [5.41, 5.74) is 9.66. The highest BCUT2D eigenvalue weighted by atomic mass is 79.9. The monoisotopic (exact) mass is 451 g/mol. The summed E-state index contributed by atoms with van der Waals surface area (Å²) in [4.78, 5) is 13.4. The molecular weight excluding hydrogens is 434 g/mol. The molecule has 0 amide bonds. The molecule has 2 aromatic heterocycles. The Hall–Kier alpha value is -3.39. The first-order valence-electron chi connectivity index (χ1n) is 8.76. The molecule has 4 aromatic rings. The van der Waals surface area contributed by atoms with Crippen molar-refractivity contribution >= 4 is 44.4 Å². The first kappa shape index (κ1) is 18.9. The molecule has 0 aliphatic rings. The fourth-order valence-corrected chi connectivity index (χ4v) is 3.38. The van der Waals surface area contributed by atoms with E-state index in [2.05, 4.69) is 31.2 Å². The number of methoxy groups -OCH3 is 2. The van der Waals surface area contributed by atoms with Gasteiger partial charge >= 0.3 is 0 Å². The predicted molar refractivity (Wildman–Crippen MR) is 118 cm³/mol. The molecule has 0 spiro atoms. The summed E-state index contributed by atoms with van der Waals surface area (Å²) in [6.45, 7) is 0. The molecule has 0 aliphatic heterocycles. The third kappa shape index (κ3) is 3.93. The minimum atomic E-state index is 0.177. The van der Waals surface area contributed by atoms with Gasteiger partial charge in [0.25, 0.3) is 0 Å². The highest BCUT2D eigenvalue weighted by molar-refractivity contribution is 9.10. The third-order valence-electron chi connectivity index (χ3n) is 4.33. The van der Waals surface area contributed by atoms with Crippen LogP contribution in [0, 0.1) is 0 Å². The Kier molecular flexibility index (Phi) is 5.18. The van der Waals surface area contributed by atoms with Gasteiger partial charge in [-0.05, 0) is 48.5 Å². The summed E-state index contributed by atoms with van der Waals surface area (Å²) < 4.78 is 11.7. The van der Waals surface area contributed by atoms with Crippen LogP contribution in [0.4, 0.5) is 17.5 Å². The summed E-state index contributed by atoms with van der Waals surface area (Å²) in [6.07, 6.45) is 0. The molecule has 0 unspecified atom stereocenters. The van der Waals surface area contributed by atoms with Crippen LogP contribution in [0.15, 0.2) is 59.1 Å². The number of benzene rings is 2. The molecule has 0 saturated heterocycles. The van der Waals surface area contributed by atoms with Gasteiger partial charge in [0.15, 0.2) is 17.3 Å². The largest absolute Gasteiger partial charge is 0.493 e. The number of hydrogen-bond acceptors (Lipinski definition) is 7. The zero-order valence-corrected chi connectivity index (χ0v) is 17.4. The van der Waals surface area contributed by atoms with Gasteiger partial charge in [-0.15, -0.1) is 0 Å². The van der Waals surface area contributed by atoms with Gasteiger partial charge < -0.3 is 20.5 Å². The number of anilines is 3. The molecule has 0 atom stereocenters. The zero-order valence-electron chi connectivity index (χ0n) is 15.8. The predicted octanol–water partition coefficient (Wildman–Crippen LogP) is 4.80. The smallest absolute Gasteiger partial charge is 0.222 e. The van der Waals surface area contributed by atoms with Crippen LogP contribution in [0.2, 0.25) is 0 Å². The molecule has 0 radical (unpaired) electrons. The summed E-state index contributed by atoms with van der Waals surface area (Å²) in [5.74, 6) is 2.00. The van der Waals surface area contributed by atoms with Gasteiger partial charge in [-0.25, -0.2) is 9.97 Å². The van der Waals surface area contributed by atoms with Gasteiger partial charge in [-0.1, -0.05) is 22.0 Å². The molecule has 3 N–H and O–H groups in total. The van der Waals surface area contributed by atoms with Crippen LogP contribution in [0.1, 0.15) is 0 Å². The highest BCUT2D eigenvalue weighted by Crippen LogP contribution is 2.33. The molecule has 2 aromatic carbocycles. The van der Waals surface area contributed by atoms with Crippen molar-refractivity contribution in [3.63, 3.8) is 0 Å². The average molecular weight is 452 g/mol. The Morgan fingerprint density at radius 2 is 1.72 bits per heavy atom. The maximum Gasteiger partial charge on any atom is 0.222 e. The molecule has 8 heteroatoms. The van der Waals surface area contributed by atoms with Crippen molar-refractivity contribution in [2.45, 2.75) is 0 Å². The lowest BCUT2D eigenvalue weighted by molar-refractivity contribution is 0.355. The van der Waals surface area contributed by atoms with Crippen molar-refractivity contribution in [1.82, 2.24) is 15.0 Å². The molecule has 0 bridgehead atoms. The van der Waals surface area contributed by atoms with E-state index in [1.54, 1.807) is 14.2 Å². The van der Waals surface area contributed by atoms with Crippen molar-refractivity contribution in [1.29, 1.82) is 0 Å². The van der Waals surface area contributed by atoms with E-state index in [0.29, 0.717) is 28.4 Å². The first-order chi connectivity index (χ1) is 14.1. The Bertz CT molecular complexity index is 1200. The summed E-state index contributed by atoms with van der Waals surface area (Å²) in [6, 6.07) is 17.2. The van der Waals surface area contributed by atoms with Crippen LogP contribution in [0.3, 0.4) is 0 Å². The fourth-order valence-electron chi connectivity index (χ4n) is 2.98. The van der Waals surface area contributed by atoms with E-state index >= 15 is 0 Å². The number of halogens is 1. The molecule has 0 aliphatic carbocycles. The van der Waals surface area contributed by atoms with Crippen LogP contribution in [-0.4, -0.2) is 29.2 Å². The minimum Gasteiger partial charge on any atom is -0.493 e. The van der Waals surface area contributed by atoms with Crippen LogP contribution >= 0.6 is 15.9 Å². The molecule has 4 rings (SSSR count). The van der Waals surface area contributed by atoms with E-state index in [9.17, 15) is 0 Å². The maximum absolute atomic E-state index is 5.90. The number of pyridine rings is 1. The van der Waals surface area contributed by atoms with E-state index in [1.165, 1.54) is 0 Å². The zero-order chi connectivity index (χ0) is 20.4. The van der Waals surface area contributed by atoms with E-state index < -0.39 is 0 Å². The van der Waals surface area contributed by atoms with Crippen LogP contribution in [0.5, 0.6) is 11.5 Å². The lowest BCUT2D eigenvalue weighted by atomic mass is 10.1. The summed E-state index contributed by atoms with van der Waals surface area (Å²) in [5, 5.41) is 3.28. The molecular formula is C21H18BrN5O2. The maximum atomic E-state index is 5.90. The number of fused-ring (bicyclic) bond motifs is 1. The number of hydrogen-bond donors (Lipinski definition) is 2. The van der Waals surface area contributed by atoms with Crippen LogP contribution in [0.25, 0.3) is 22.3 Å². The van der Waals surface area contributed by atoms with Crippen molar-refractivity contribution in [2.24, 2.45) is 0 Å². The van der Waals surface area contributed by atoms with Crippen LogP contribution in [-0.2, 0) is 0 Å². The topological polar surface area (TPSA) is 95.2 Å². The van der Waals surface area contributed by atoms with E-state index in [-0.39, 0.29) is 5.95 Å². The number of aromatic nitrogens is 3. The first-order valence-corrected chi connectivity index (χ1v) is 9.56. The summed E-state index contributed by atoms with van der Waals surface area (Å²) >= 11 is 3.47. The Labute approximate surface area is 176 Å². The van der Waals surface area contributed by atoms with Gasteiger partial charge in [0.1, 0.15) is 5.52 Å². The van der Waals surface area contributed by atoms with Crippen molar-refractivity contribution in [3.8, 4) is 22.8 Å². The molecule has 0 fully saturated rings. The SMILES string of the molecule is COc1ccc(-c2ccc3nc(N)nc(Nc4cccc(Br)c4)c3n2)cc1OC. The number of nitrogens with one attached hydrogen (secondary N) is 1. The lowest BCUT2D eigenvalue weighted by Gasteiger charge is -2.12. The standard InChI is InChI=1S/C21H18BrN5O2/c1-28-17-9-6-12(10-18(17)29-2)15-7-8-16-19(25-15)20(27-21(23)26-16)24-14-5-3-4-13(22)11-14/h3-11H,1-2H3,(H3,23,24,26,27). The van der Waals surface area contributed by atoms with Gasteiger partial charge in [-0.2, -0.15) is 4.98 Å². The Morgan fingerprint density at radius 3 is 2.48 bits per heavy atom. The van der Waals surface area contributed by atoms with Gasteiger partial charge in [0.2, 0.25) is 5.95 Å². The Morgan fingerprint density at radius 1 is 0.897 bits per heavy atom. The van der Waals surface area contributed by atoms with Gasteiger partial charge in [0, 0.05) is 15.7 Å². The number of nitrogens with two attached hydrogens (primary N) is 1. The highest BCUT2D eigenvalue weighted by Gasteiger charge is 2.12. The van der Waals surface area contributed by atoms with E-state index in [4.69, 9.17) is 20.2 Å². The molecule has 0 saturated carbocycles. The quantitative estimate of drug-likeness (QED) is 0.449. The second-order valence-electron chi connectivity index (χ2n) is 6.20. The normalized spacial score (nSPS) is 10.7. The van der Waals surface area contributed by atoms with Gasteiger partial charge in [-0.3, -0.25) is 0 Å². The number of ether oxygens (including phenoxy) is 2. The minimum absolute atomic E-state index is 0.177. The van der Waals surface area contributed by atoms with Gasteiger partial charge in [0.05, 0.1) is 25.4 Å². The third-order valence-corrected chi connectivity index (χ3v) is 4.82. The molecule has 29 heavy (non-hydrogen) atoms. The van der Waals surface area contributed by atoms with Crippen molar-refractivity contribution < 1.29 is 9.47 Å². The molecule has 2 heterocycles. The fraction of sp³-hybridized carbons (Fsp3) is 0.0952. The average Bonchev–Trinajstić information content (AvgIpc) is 2.73. The lowest BCUT2D eigenvalue weighted by Crippen LogP contribution is -2.03. The van der Waals surface area contributed by atoms with E-state index in [0.717, 1.165) is 21.4 Å². The second-order valence-corrected chi connectivity index (χ2v) is 7.12. The van der Waals surface area contributed by atoms with Crippen molar-refractivity contribution in [2.75, 3.05) is 25.3 Å². The number of nitrogen functional groups attached to an aromatic ring is 1. The van der Waals surface area contributed by atoms with Crippen LogP contribution < -0.4 is 20.5 Å². The second kappa shape index (κ2) is 7.92.